The van der Waals surface area contributed by atoms with Crippen molar-refractivity contribution >= 4 is 39.9 Å². The number of aromatic nitrogens is 1. The van der Waals surface area contributed by atoms with Crippen LogP contribution in [0.2, 0.25) is 0 Å². The second-order valence-corrected chi connectivity index (χ2v) is 7.74. The van der Waals surface area contributed by atoms with Crippen LogP contribution in [0.1, 0.15) is 20.3 Å². The van der Waals surface area contributed by atoms with Crippen molar-refractivity contribution < 1.29 is 0 Å². The second-order valence-electron chi connectivity index (χ2n) is 6.65. The zero-order valence-electron chi connectivity index (χ0n) is 15.4. The Kier molecular flexibility index (Phi) is 4.86. The molecule has 2 heterocycles. The fourth-order valence-corrected chi connectivity index (χ4v) is 4.04. The van der Waals surface area contributed by atoms with Crippen LogP contribution >= 0.6 is 11.8 Å². The maximum absolute atomic E-state index is 5.79. The van der Waals surface area contributed by atoms with E-state index in [1.165, 1.54) is 5.57 Å². The molecule has 0 radical (unpaired) electrons. The summed E-state index contributed by atoms with van der Waals surface area (Å²) in [7, 11) is 0. The fraction of sp³-hybridized carbons (Fsp3) is 0.182. The fourth-order valence-electron chi connectivity index (χ4n) is 3.20. The lowest BCUT2D eigenvalue weighted by atomic mass is 10.1. The minimum absolute atomic E-state index is 0.282. The van der Waals surface area contributed by atoms with E-state index in [-0.39, 0.29) is 6.04 Å². The molecule has 0 amide bonds. The molecular weight excluding hydrogens is 352 g/mol. The number of nitrogens with zero attached hydrogens (tertiary/aromatic N) is 2. The van der Waals surface area contributed by atoms with E-state index < -0.39 is 0 Å². The van der Waals surface area contributed by atoms with E-state index in [1.54, 1.807) is 11.8 Å². The van der Waals surface area contributed by atoms with Gasteiger partial charge in [-0.25, -0.2) is 4.98 Å². The molecule has 3 aromatic rings. The van der Waals surface area contributed by atoms with Gasteiger partial charge in [0.15, 0.2) is 0 Å². The highest BCUT2D eigenvalue weighted by Crippen LogP contribution is 2.33. The average Bonchev–Trinajstić information content (AvgIpc) is 3.03. The molecule has 5 heteroatoms. The molecule has 0 aliphatic carbocycles. The highest BCUT2D eigenvalue weighted by atomic mass is 32.2. The first-order valence-corrected chi connectivity index (χ1v) is 9.90. The van der Waals surface area contributed by atoms with E-state index in [2.05, 4.69) is 37.4 Å². The highest BCUT2D eigenvalue weighted by Gasteiger charge is 2.16. The van der Waals surface area contributed by atoms with Gasteiger partial charge in [0.1, 0.15) is 10.9 Å². The lowest BCUT2D eigenvalue weighted by Gasteiger charge is -2.11. The van der Waals surface area contributed by atoms with Gasteiger partial charge in [-0.1, -0.05) is 36.9 Å². The van der Waals surface area contributed by atoms with Gasteiger partial charge in [-0.3, -0.25) is 4.99 Å². The van der Waals surface area contributed by atoms with E-state index in [0.717, 1.165) is 44.5 Å². The van der Waals surface area contributed by atoms with E-state index in [4.69, 9.17) is 15.7 Å². The Hall–Kier alpha value is -2.79. The third-order valence-corrected chi connectivity index (χ3v) is 5.56. The summed E-state index contributed by atoms with van der Waals surface area (Å²) in [5, 5.41) is 5.54. The van der Waals surface area contributed by atoms with E-state index in [1.807, 2.05) is 42.5 Å². The molecule has 1 aliphatic heterocycles. The number of nitrogens with two attached hydrogens (primary N) is 1. The lowest BCUT2D eigenvalue weighted by molar-refractivity contribution is 0.756. The Morgan fingerprint density at radius 1 is 1.11 bits per heavy atom. The molecule has 4 nitrogen and oxygen atoms in total. The zero-order valence-corrected chi connectivity index (χ0v) is 16.3. The van der Waals surface area contributed by atoms with Crippen molar-refractivity contribution in [2.24, 2.45) is 4.99 Å². The number of aliphatic imine (C=N–C) groups is 1. The van der Waals surface area contributed by atoms with Crippen molar-refractivity contribution in [2.75, 3.05) is 11.1 Å². The number of para-hydroxylation sites is 1. The van der Waals surface area contributed by atoms with Crippen molar-refractivity contribution in [1.29, 1.82) is 0 Å². The Balaban J connectivity index is 1.70. The Morgan fingerprint density at radius 3 is 2.63 bits per heavy atom. The predicted molar refractivity (Wildman–Crippen MR) is 116 cm³/mol. The van der Waals surface area contributed by atoms with E-state index in [9.17, 15) is 0 Å². The molecular formula is C22H22N4S. The molecule has 3 N–H and O–H groups in total. The van der Waals surface area contributed by atoms with Gasteiger partial charge < -0.3 is 11.1 Å². The molecule has 1 unspecified atom stereocenters. The summed E-state index contributed by atoms with van der Waals surface area (Å²) in [6.45, 7) is 4.30. The molecule has 1 aromatic heterocycles. The van der Waals surface area contributed by atoms with E-state index in [0.29, 0.717) is 0 Å². The Bertz CT molecular complexity index is 1040. The van der Waals surface area contributed by atoms with Crippen LogP contribution in [0.3, 0.4) is 0 Å². The smallest absolute Gasteiger partial charge is 0.125 e. The third-order valence-electron chi connectivity index (χ3n) is 4.63. The molecule has 0 saturated heterocycles. The number of nitrogens with one attached hydrogen (secondary N) is 1. The summed E-state index contributed by atoms with van der Waals surface area (Å²) in [6.07, 6.45) is 3.15. The normalized spacial score (nSPS) is 16.3. The summed E-state index contributed by atoms with van der Waals surface area (Å²) in [5.41, 5.74) is 9.85. The Labute approximate surface area is 163 Å². The molecule has 2 aromatic carbocycles. The number of amidine groups is 1. The summed E-state index contributed by atoms with van der Waals surface area (Å²) in [4.78, 5) is 10.7. The van der Waals surface area contributed by atoms with Gasteiger partial charge in [0.05, 0.1) is 17.2 Å². The molecule has 0 fully saturated rings. The quantitative estimate of drug-likeness (QED) is 0.591. The number of pyridine rings is 1. The average molecular weight is 375 g/mol. The number of anilines is 2. The first-order valence-electron chi connectivity index (χ1n) is 9.08. The van der Waals surface area contributed by atoms with Gasteiger partial charge in [-0.05, 0) is 61.4 Å². The van der Waals surface area contributed by atoms with Crippen LogP contribution in [0.5, 0.6) is 0 Å². The summed E-state index contributed by atoms with van der Waals surface area (Å²) in [5.74, 6) is 0.916. The summed E-state index contributed by atoms with van der Waals surface area (Å²) < 4.78 is 0. The van der Waals surface area contributed by atoms with Gasteiger partial charge >= 0.3 is 0 Å². The number of rotatable bonds is 4. The topological polar surface area (TPSA) is 63.3 Å². The standard InChI is InChI=1S/C22H22N4S/c1-3-18-14(2)12-21(24-18)25-20-13-22(26-19-7-5-4-6-17(19)20)27-16-10-8-15(23)9-11-16/h4-13,18H,3,23H2,1-2H3,(H,24,25,26). The van der Waals surface area contributed by atoms with Gasteiger partial charge in [0, 0.05) is 16.0 Å². The van der Waals surface area contributed by atoms with Crippen LogP contribution in [0.15, 0.2) is 81.2 Å². The first-order chi connectivity index (χ1) is 13.1. The third kappa shape index (κ3) is 3.83. The van der Waals surface area contributed by atoms with Gasteiger partial charge in [0.2, 0.25) is 0 Å². The monoisotopic (exact) mass is 374 g/mol. The van der Waals surface area contributed by atoms with Crippen molar-refractivity contribution in [2.45, 2.75) is 36.2 Å². The minimum Gasteiger partial charge on any atom is -0.399 e. The minimum atomic E-state index is 0.282. The van der Waals surface area contributed by atoms with Gasteiger partial charge in [0.25, 0.3) is 0 Å². The Morgan fingerprint density at radius 2 is 1.89 bits per heavy atom. The van der Waals surface area contributed by atoms with Crippen LogP contribution in [0.25, 0.3) is 10.9 Å². The molecule has 1 atom stereocenters. The summed E-state index contributed by atoms with van der Waals surface area (Å²) >= 11 is 1.63. The first kappa shape index (κ1) is 17.6. The molecule has 0 spiro atoms. The van der Waals surface area contributed by atoms with Gasteiger partial charge in [-0.2, -0.15) is 0 Å². The van der Waals surface area contributed by atoms with Crippen LogP contribution in [-0.4, -0.2) is 16.9 Å². The van der Waals surface area contributed by atoms with Crippen LogP contribution < -0.4 is 11.1 Å². The molecule has 136 valence electrons. The molecule has 0 saturated carbocycles. The highest BCUT2D eigenvalue weighted by molar-refractivity contribution is 7.99. The van der Waals surface area contributed by atoms with Crippen molar-refractivity contribution in [3.63, 3.8) is 0 Å². The second kappa shape index (κ2) is 7.45. The van der Waals surface area contributed by atoms with Gasteiger partial charge in [-0.15, -0.1) is 0 Å². The number of nitrogen functional groups attached to an aromatic ring is 1. The van der Waals surface area contributed by atoms with Crippen molar-refractivity contribution in [1.82, 2.24) is 4.98 Å². The van der Waals surface area contributed by atoms with Crippen molar-refractivity contribution in [3.05, 3.63) is 66.2 Å². The maximum atomic E-state index is 5.79. The molecule has 0 bridgehead atoms. The molecule has 1 aliphatic rings. The molecule has 27 heavy (non-hydrogen) atoms. The number of hydrogen-bond acceptors (Lipinski definition) is 5. The molecule has 4 rings (SSSR count). The number of benzene rings is 2. The SMILES string of the molecule is CCC1N=C(Nc2cc(Sc3ccc(N)cc3)nc3ccccc23)C=C1C. The number of hydrogen-bond donors (Lipinski definition) is 2. The van der Waals surface area contributed by atoms with Crippen LogP contribution in [0, 0.1) is 0 Å². The maximum Gasteiger partial charge on any atom is 0.125 e. The van der Waals surface area contributed by atoms with Crippen LogP contribution in [0.4, 0.5) is 11.4 Å². The zero-order chi connectivity index (χ0) is 18.8. The summed E-state index contributed by atoms with van der Waals surface area (Å²) in [6, 6.07) is 18.4. The van der Waals surface area contributed by atoms with Crippen molar-refractivity contribution in [3.8, 4) is 0 Å². The van der Waals surface area contributed by atoms with E-state index >= 15 is 0 Å². The number of fused-ring (bicyclic) bond motifs is 1. The largest absolute Gasteiger partial charge is 0.399 e. The van der Waals surface area contributed by atoms with Crippen LogP contribution in [-0.2, 0) is 0 Å². The lowest BCUT2D eigenvalue weighted by Crippen LogP contribution is -2.09. The predicted octanol–water partition coefficient (Wildman–Crippen LogP) is 5.52.